The summed E-state index contributed by atoms with van der Waals surface area (Å²) in [4.78, 5) is 38.3. The van der Waals surface area contributed by atoms with Gasteiger partial charge in [-0.05, 0) is 109 Å². The van der Waals surface area contributed by atoms with Gasteiger partial charge in [-0.15, -0.1) is 0 Å². The Hall–Kier alpha value is -4.71. The van der Waals surface area contributed by atoms with E-state index in [2.05, 4.69) is 161 Å². The predicted octanol–water partition coefficient (Wildman–Crippen LogP) is 22.3. The lowest BCUT2D eigenvalue weighted by Gasteiger charge is -2.18. The number of carbonyl (C=O) groups excluding carboxylic acids is 3. The summed E-state index contributed by atoms with van der Waals surface area (Å²) in [7, 11) is 0. The molecule has 446 valence electrons. The van der Waals surface area contributed by atoms with Crippen LogP contribution in [0.3, 0.4) is 0 Å². The van der Waals surface area contributed by atoms with Crippen LogP contribution in [0.25, 0.3) is 0 Å². The molecule has 0 saturated carbocycles. The molecular weight excluding hydrogens is 973 g/mol. The van der Waals surface area contributed by atoms with Gasteiger partial charge in [0.2, 0.25) is 0 Å². The molecule has 0 fully saturated rings. The Kier molecular flexibility index (Phi) is 61.9. The molecule has 0 aliphatic rings. The minimum atomic E-state index is -0.833. The van der Waals surface area contributed by atoms with Crippen LogP contribution in [0.15, 0.2) is 146 Å². The van der Waals surface area contributed by atoms with Crippen LogP contribution < -0.4 is 0 Å². The monoisotopic (exact) mass is 1090 g/mol. The third-order valence-corrected chi connectivity index (χ3v) is 13.4. The van der Waals surface area contributed by atoms with Crippen LogP contribution in [0.4, 0.5) is 0 Å². The van der Waals surface area contributed by atoms with E-state index in [0.717, 1.165) is 109 Å². The van der Waals surface area contributed by atoms with Crippen molar-refractivity contribution in [3.05, 3.63) is 146 Å². The second-order valence-corrected chi connectivity index (χ2v) is 20.9. The van der Waals surface area contributed by atoms with Crippen molar-refractivity contribution in [1.29, 1.82) is 0 Å². The lowest BCUT2D eigenvalue weighted by molar-refractivity contribution is -0.166. The Balaban J connectivity index is 4.56. The van der Waals surface area contributed by atoms with Crippen LogP contribution in [-0.2, 0) is 28.6 Å². The maximum atomic E-state index is 12.9. The number of carbonyl (C=O) groups is 3. The molecule has 1 unspecified atom stereocenters. The molecule has 1 atom stereocenters. The second-order valence-electron chi connectivity index (χ2n) is 20.9. The molecule has 0 saturated heterocycles. The lowest BCUT2D eigenvalue weighted by Crippen LogP contribution is -2.30. The van der Waals surface area contributed by atoms with Crippen LogP contribution in [-0.4, -0.2) is 37.2 Å². The third-order valence-electron chi connectivity index (χ3n) is 13.4. The van der Waals surface area contributed by atoms with Gasteiger partial charge in [0, 0.05) is 19.3 Å². The highest BCUT2D eigenvalue weighted by Crippen LogP contribution is 2.16. The highest BCUT2D eigenvalue weighted by Gasteiger charge is 2.19. The first kappa shape index (κ1) is 74.3. The molecular formula is C73H118O6. The number of hydrogen-bond donors (Lipinski definition) is 0. The molecule has 0 aromatic carbocycles. The molecule has 0 aliphatic carbocycles. The number of unbranched alkanes of at least 4 members (excludes halogenated alkanes) is 22. The van der Waals surface area contributed by atoms with E-state index >= 15 is 0 Å². The zero-order chi connectivity index (χ0) is 57.1. The largest absolute Gasteiger partial charge is 0.462 e. The first-order valence-corrected chi connectivity index (χ1v) is 32.3. The van der Waals surface area contributed by atoms with Crippen molar-refractivity contribution in [3.63, 3.8) is 0 Å². The van der Waals surface area contributed by atoms with Crippen molar-refractivity contribution in [2.24, 2.45) is 0 Å². The summed E-state index contributed by atoms with van der Waals surface area (Å²) in [5, 5.41) is 0. The molecule has 79 heavy (non-hydrogen) atoms. The van der Waals surface area contributed by atoms with Gasteiger partial charge in [-0.3, -0.25) is 14.4 Å². The Morgan fingerprint density at radius 1 is 0.266 bits per heavy atom. The van der Waals surface area contributed by atoms with Gasteiger partial charge in [0.15, 0.2) is 6.10 Å². The number of ether oxygens (including phenoxy) is 3. The van der Waals surface area contributed by atoms with Gasteiger partial charge in [-0.2, -0.15) is 0 Å². The molecule has 0 heterocycles. The van der Waals surface area contributed by atoms with E-state index in [1.54, 1.807) is 0 Å². The Bertz CT molecular complexity index is 1730. The van der Waals surface area contributed by atoms with E-state index in [4.69, 9.17) is 14.2 Å². The number of rotatable bonds is 57. The average molecular weight is 1090 g/mol. The van der Waals surface area contributed by atoms with E-state index in [1.165, 1.54) is 116 Å². The quantitative estimate of drug-likeness (QED) is 0.0261. The normalized spacial score (nSPS) is 13.1. The fourth-order valence-electron chi connectivity index (χ4n) is 8.59. The molecule has 0 amide bonds. The summed E-state index contributed by atoms with van der Waals surface area (Å²) < 4.78 is 16.8. The molecule has 6 heteroatoms. The Morgan fingerprint density at radius 3 is 0.848 bits per heavy atom. The van der Waals surface area contributed by atoms with Gasteiger partial charge < -0.3 is 14.2 Å². The van der Waals surface area contributed by atoms with Crippen LogP contribution in [0.5, 0.6) is 0 Å². The molecule has 0 aliphatic heterocycles. The minimum absolute atomic E-state index is 0.128. The number of hydrogen-bond acceptors (Lipinski definition) is 6. The van der Waals surface area contributed by atoms with Gasteiger partial charge in [0.25, 0.3) is 0 Å². The zero-order valence-electron chi connectivity index (χ0n) is 51.1. The van der Waals surface area contributed by atoms with E-state index in [1.807, 2.05) is 6.08 Å². The minimum Gasteiger partial charge on any atom is -0.462 e. The summed E-state index contributed by atoms with van der Waals surface area (Å²) >= 11 is 0. The topological polar surface area (TPSA) is 78.9 Å². The van der Waals surface area contributed by atoms with Gasteiger partial charge >= 0.3 is 17.9 Å². The first-order valence-electron chi connectivity index (χ1n) is 32.3. The van der Waals surface area contributed by atoms with Crippen molar-refractivity contribution >= 4 is 17.9 Å². The highest BCUT2D eigenvalue weighted by atomic mass is 16.6. The molecule has 0 aromatic heterocycles. The molecule has 0 rings (SSSR count). The van der Waals surface area contributed by atoms with Gasteiger partial charge in [-0.1, -0.05) is 295 Å². The van der Waals surface area contributed by atoms with Crippen molar-refractivity contribution in [2.45, 2.75) is 284 Å². The van der Waals surface area contributed by atoms with Crippen molar-refractivity contribution < 1.29 is 28.6 Å². The smallest absolute Gasteiger partial charge is 0.306 e. The standard InChI is InChI=1S/C73H118O6/c1-4-7-10-13-16-19-22-25-28-31-34-36-39-42-45-48-51-54-57-60-63-66-72(75)78-69-70(68-77-71(74)65-62-59-56-53-50-47-44-41-38-33-30-27-24-21-18-15-12-9-6-3)79-73(76)67-64-61-58-55-52-49-46-43-40-37-35-32-29-26-23-20-17-14-11-8-5-2/h7,9-10,12,16,18-19,21,25,27-28,30,34,36,38,41-42,45,47,50-51,54,56,59,70H,4-6,8,11,13-15,17,20,22-24,26,29,31-33,35,37,39-40,43-44,46,48-49,52-53,55,57-58,60-69H2,1-3H3/b10-7-,12-9-,19-16-,21-18-,28-25-,30-27-,36-34-,41-38-,45-42-,50-47-,54-51-,59-56-. The Morgan fingerprint density at radius 2 is 0.519 bits per heavy atom. The summed E-state index contributed by atoms with van der Waals surface area (Å²) in [6.45, 7) is 6.33. The van der Waals surface area contributed by atoms with E-state index in [9.17, 15) is 14.4 Å². The number of esters is 3. The maximum Gasteiger partial charge on any atom is 0.306 e. The van der Waals surface area contributed by atoms with E-state index in [0.29, 0.717) is 19.3 Å². The van der Waals surface area contributed by atoms with Crippen LogP contribution in [0, 0.1) is 0 Å². The zero-order valence-corrected chi connectivity index (χ0v) is 51.1. The van der Waals surface area contributed by atoms with Gasteiger partial charge in [-0.25, -0.2) is 0 Å². The SMILES string of the molecule is CC/C=C\C/C=C\C/C=C\C/C=C\C/C=C\C/C=C\CCCCC(=O)OCC(COC(=O)CC/C=C\C/C=C\C/C=C\C/C=C\C/C=C\C/C=C\CC)OC(=O)CCCCCCCCCCCCCCCCCCCCCCC. The van der Waals surface area contributed by atoms with Crippen LogP contribution in [0.1, 0.15) is 278 Å². The van der Waals surface area contributed by atoms with E-state index < -0.39 is 6.10 Å². The molecule has 6 nitrogen and oxygen atoms in total. The van der Waals surface area contributed by atoms with Crippen molar-refractivity contribution in [3.8, 4) is 0 Å². The van der Waals surface area contributed by atoms with Crippen molar-refractivity contribution in [2.75, 3.05) is 13.2 Å². The lowest BCUT2D eigenvalue weighted by atomic mass is 10.0. The molecule has 0 spiro atoms. The molecule has 0 N–H and O–H groups in total. The number of allylic oxidation sites excluding steroid dienone is 24. The molecule has 0 aromatic rings. The summed E-state index contributed by atoms with van der Waals surface area (Å²) in [5.41, 5.74) is 0. The van der Waals surface area contributed by atoms with Crippen molar-refractivity contribution in [1.82, 2.24) is 0 Å². The predicted molar refractivity (Wildman–Crippen MR) is 343 cm³/mol. The second kappa shape index (κ2) is 65.8. The fourth-order valence-corrected chi connectivity index (χ4v) is 8.59. The molecule has 0 radical (unpaired) electrons. The fraction of sp³-hybridized carbons (Fsp3) is 0.630. The summed E-state index contributed by atoms with van der Waals surface area (Å²) in [6, 6.07) is 0. The van der Waals surface area contributed by atoms with Crippen LogP contribution in [0.2, 0.25) is 0 Å². The van der Waals surface area contributed by atoms with Gasteiger partial charge in [0.1, 0.15) is 13.2 Å². The van der Waals surface area contributed by atoms with E-state index in [-0.39, 0.29) is 44.0 Å². The average Bonchev–Trinajstić information content (AvgIpc) is 3.45. The third kappa shape index (κ3) is 64.0. The summed E-state index contributed by atoms with van der Waals surface area (Å²) in [6.07, 6.45) is 94.4. The highest BCUT2D eigenvalue weighted by molar-refractivity contribution is 5.71. The molecule has 0 bridgehead atoms. The van der Waals surface area contributed by atoms with Gasteiger partial charge in [0.05, 0.1) is 0 Å². The first-order chi connectivity index (χ1) is 39.0. The maximum absolute atomic E-state index is 12.9. The Labute approximate surface area is 487 Å². The van der Waals surface area contributed by atoms with Crippen LogP contribution >= 0.6 is 0 Å². The summed E-state index contributed by atoms with van der Waals surface area (Å²) in [5.74, 6) is -1.05.